The second-order valence-electron chi connectivity index (χ2n) is 3.46. The molecule has 2 heteroatoms. The SMILES string of the molecule is N#Cc1cc2coc3ccccc3c-2c1. The number of nitrogens with zero attached hydrogens (tertiary/aromatic N) is 1. The zero-order valence-corrected chi connectivity index (χ0v) is 7.90. The Bertz CT molecular complexity index is 645. The third-order valence-corrected chi connectivity index (χ3v) is 2.54. The lowest BCUT2D eigenvalue weighted by molar-refractivity contribution is 0.606. The van der Waals surface area contributed by atoms with E-state index in [-0.39, 0.29) is 0 Å². The molecule has 0 radical (unpaired) electrons. The Labute approximate surface area is 86.7 Å². The van der Waals surface area contributed by atoms with Crippen molar-refractivity contribution in [1.82, 2.24) is 0 Å². The average Bonchev–Trinajstić information content (AvgIpc) is 2.72. The third kappa shape index (κ3) is 1.10. The summed E-state index contributed by atoms with van der Waals surface area (Å²) >= 11 is 0. The van der Waals surface area contributed by atoms with E-state index in [1.54, 1.807) is 6.26 Å². The molecule has 3 rings (SSSR count). The van der Waals surface area contributed by atoms with Gasteiger partial charge in [0.15, 0.2) is 0 Å². The minimum absolute atomic E-state index is 0.677. The van der Waals surface area contributed by atoms with Gasteiger partial charge in [0.05, 0.1) is 17.9 Å². The van der Waals surface area contributed by atoms with Crippen LogP contribution in [0, 0.1) is 11.3 Å². The highest BCUT2D eigenvalue weighted by Gasteiger charge is 2.11. The van der Waals surface area contributed by atoms with Crippen molar-refractivity contribution in [2.45, 2.75) is 0 Å². The van der Waals surface area contributed by atoms with Gasteiger partial charge in [-0.1, -0.05) is 18.2 Å². The molecule has 1 aliphatic heterocycles. The number of fused-ring (bicyclic) bond motifs is 3. The Balaban J connectivity index is 2.49. The maximum absolute atomic E-state index is 8.83. The van der Waals surface area contributed by atoms with E-state index in [9.17, 15) is 0 Å². The number of hydrogen-bond donors (Lipinski definition) is 0. The summed E-state index contributed by atoms with van der Waals surface area (Å²) < 4.78 is 5.47. The van der Waals surface area contributed by atoms with Crippen LogP contribution in [0.2, 0.25) is 0 Å². The summed E-state index contributed by atoms with van der Waals surface area (Å²) in [6.07, 6.45) is 1.69. The summed E-state index contributed by atoms with van der Waals surface area (Å²) in [6.45, 7) is 0. The summed E-state index contributed by atoms with van der Waals surface area (Å²) in [4.78, 5) is 0. The summed E-state index contributed by atoms with van der Waals surface area (Å²) in [7, 11) is 0. The molecule has 2 nitrogen and oxygen atoms in total. The van der Waals surface area contributed by atoms with Crippen molar-refractivity contribution < 1.29 is 4.42 Å². The minimum Gasteiger partial charge on any atom is -0.464 e. The molecule has 0 saturated heterocycles. The van der Waals surface area contributed by atoms with Gasteiger partial charge in [0.2, 0.25) is 0 Å². The lowest BCUT2D eigenvalue weighted by atomic mass is 10.1. The van der Waals surface area contributed by atoms with Crippen LogP contribution in [0.15, 0.2) is 47.1 Å². The molecule has 0 bridgehead atoms. The second-order valence-corrected chi connectivity index (χ2v) is 3.46. The average molecular weight is 193 g/mol. The van der Waals surface area contributed by atoms with Crippen molar-refractivity contribution in [1.29, 1.82) is 5.26 Å². The first-order valence-electron chi connectivity index (χ1n) is 4.68. The number of rotatable bonds is 0. The highest BCUT2D eigenvalue weighted by Crippen LogP contribution is 2.33. The van der Waals surface area contributed by atoms with E-state index in [4.69, 9.17) is 9.68 Å². The summed E-state index contributed by atoms with van der Waals surface area (Å²) in [5.41, 5.74) is 3.58. The van der Waals surface area contributed by atoms with Gasteiger partial charge in [0.25, 0.3) is 0 Å². The molecular formula is C13H7NO. The van der Waals surface area contributed by atoms with E-state index in [1.807, 2.05) is 36.4 Å². The third-order valence-electron chi connectivity index (χ3n) is 2.54. The van der Waals surface area contributed by atoms with Crippen molar-refractivity contribution >= 4 is 11.0 Å². The molecular weight excluding hydrogens is 186 g/mol. The van der Waals surface area contributed by atoms with Gasteiger partial charge in [-0.3, -0.25) is 0 Å². The molecule has 0 fully saturated rings. The first-order chi connectivity index (χ1) is 7.38. The second kappa shape index (κ2) is 2.86. The summed E-state index contributed by atoms with van der Waals surface area (Å²) in [5.74, 6) is 0. The van der Waals surface area contributed by atoms with Crippen LogP contribution in [0.1, 0.15) is 5.56 Å². The molecule has 0 amide bonds. The van der Waals surface area contributed by atoms with E-state index < -0.39 is 0 Å². The van der Waals surface area contributed by atoms with E-state index in [0.29, 0.717) is 5.56 Å². The van der Waals surface area contributed by atoms with Crippen molar-refractivity contribution in [3.63, 3.8) is 0 Å². The van der Waals surface area contributed by atoms with Gasteiger partial charge >= 0.3 is 0 Å². The molecule has 0 saturated carbocycles. The van der Waals surface area contributed by atoms with Crippen molar-refractivity contribution in [2.24, 2.45) is 0 Å². The van der Waals surface area contributed by atoms with E-state index >= 15 is 0 Å². The first kappa shape index (κ1) is 8.07. The molecule has 0 unspecified atom stereocenters. The normalized spacial score (nSPS) is 10.6. The lowest BCUT2D eigenvalue weighted by Gasteiger charge is -2.02. The Morgan fingerprint density at radius 2 is 2.00 bits per heavy atom. The first-order valence-corrected chi connectivity index (χ1v) is 4.68. The van der Waals surface area contributed by atoms with E-state index in [2.05, 4.69) is 6.07 Å². The summed E-state index contributed by atoms with van der Waals surface area (Å²) in [5, 5.41) is 9.88. The van der Waals surface area contributed by atoms with E-state index in [1.165, 1.54) is 0 Å². The fraction of sp³-hybridized carbons (Fsp3) is 0. The molecule has 1 aromatic rings. The van der Waals surface area contributed by atoms with Gasteiger partial charge in [-0.25, -0.2) is 0 Å². The van der Waals surface area contributed by atoms with Crippen molar-refractivity contribution in [2.75, 3.05) is 0 Å². The topological polar surface area (TPSA) is 36.9 Å². The van der Waals surface area contributed by atoms with Crippen LogP contribution in [0.4, 0.5) is 0 Å². The maximum Gasteiger partial charge on any atom is 0.134 e. The molecule has 70 valence electrons. The zero-order valence-electron chi connectivity index (χ0n) is 7.90. The molecule has 0 atom stereocenters. The van der Waals surface area contributed by atoms with Crippen LogP contribution in [0.5, 0.6) is 0 Å². The van der Waals surface area contributed by atoms with Gasteiger partial charge in [-0.05, 0) is 23.8 Å². The van der Waals surface area contributed by atoms with Gasteiger partial charge in [0, 0.05) is 10.9 Å². The highest BCUT2D eigenvalue weighted by atomic mass is 16.3. The van der Waals surface area contributed by atoms with Gasteiger partial charge in [0.1, 0.15) is 5.58 Å². The monoisotopic (exact) mass is 193 g/mol. The quantitative estimate of drug-likeness (QED) is 0.548. The molecule has 1 aromatic carbocycles. The Kier molecular flexibility index (Phi) is 1.54. The predicted octanol–water partition coefficient (Wildman–Crippen LogP) is 3.41. The van der Waals surface area contributed by atoms with Crippen molar-refractivity contribution in [3.8, 4) is 17.2 Å². The van der Waals surface area contributed by atoms with Crippen LogP contribution in [0.25, 0.3) is 22.1 Å². The zero-order chi connectivity index (χ0) is 10.3. The van der Waals surface area contributed by atoms with Gasteiger partial charge in [-0.2, -0.15) is 5.26 Å². The molecule has 1 aliphatic carbocycles. The minimum atomic E-state index is 0.677. The van der Waals surface area contributed by atoms with Crippen LogP contribution in [0.3, 0.4) is 0 Å². The van der Waals surface area contributed by atoms with Crippen LogP contribution < -0.4 is 0 Å². The lowest BCUT2D eigenvalue weighted by Crippen LogP contribution is -1.77. The van der Waals surface area contributed by atoms with Gasteiger partial charge < -0.3 is 4.42 Å². The largest absolute Gasteiger partial charge is 0.464 e. The number of para-hydroxylation sites is 1. The molecule has 0 spiro atoms. The Morgan fingerprint density at radius 3 is 2.87 bits per heavy atom. The van der Waals surface area contributed by atoms with E-state index in [0.717, 1.165) is 22.1 Å². The molecule has 0 aromatic heterocycles. The van der Waals surface area contributed by atoms with Crippen LogP contribution in [-0.2, 0) is 0 Å². The molecule has 15 heavy (non-hydrogen) atoms. The Hall–Kier alpha value is -2.27. The number of benzene rings is 1. The maximum atomic E-state index is 8.83. The molecule has 1 heterocycles. The predicted molar refractivity (Wildman–Crippen MR) is 57.6 cm³/mol. The Morgan fingerprint density at radius 1 is 1.13 bits per heavy atom. The smallest absolute Gasteiger partial charge is 0.134 e. The highest BCUT2D eigenvalue weighted by molar-refractivity contribution is 5.95. The van der Waals surface area contributed by atoms with Gasteiger partial charge in [-0.15, -0.1) is 0 Å². The number of hydrogen-bond acceptors (Lipinski definition) is 2. The fourth-order valence-electron chi connectivity index (χ4n) is 1.84. The fourth-order valence-corrected chi connectivity index (χ4v) is 1.84. The molecule has 0 N–H and O–H groups in total. The van der Waals surface area contributed by atoms with Crippen molar-refractivity contribution in [3.05, 3.63) is 48.2 Å². The van der Waals surface area contributed by atoms with Crippen LogP contribution in [-0.4, -0.2) is 0 Å². The van der Waals surface area contributed by atoms with Crippen LogP contribution >= 0.6 is 0 Å². The molecule has 2 aliphatic rings. The summed E-state index contributed by atoms with van der Waals surface area (Å²) in [6, 6.07) is 13.7. The number of nitriles is 1. The standard InChI is InChI=1S/C13H7NO/c14-7-9-5-10-8-15-13-4-2-1-3-11(13)12(10)6-9/h1-6,8H.